The Morgan fingerprint density at radius 1 is 1.43 bits per heavy atom. The normalized spacial score (nSPS) is 17.9. The molecule has 0 unspecified atom stereocenters. The maximum absolute atomic E-state index is 11.8. The van der Waals surface area contributed by atoms with Crippen LogP contribution in [0.2, 0.25) is 5.02 Å². The fourth-order valence-electron chi connectivity index (χ4n) is 1.46. The Balaban J connectivity index is 2.65. The maximum Gasteiger partial charge on any atom is 0.209 e. The average molecular weight is 276 g/mol. The van der Waals surface area contributed by atoms with Crippen molar-refractivity contribution in [2.45, 2.75) is 19.4 Å². The number of rotatable bonds is 0. The van der Waals surface area contributed by atoms with E-state index in [9.17, 15) is 4.79 Å². The predicted octanol–water partition coefficient (Wildman–Crippen LogP) is 3.46. The minimum absolute atomic E-state index is 0.0318. The van der Waals surface area contributed by atoms with Crippen molar-refractivity contribution < 1.29 is 9.53 Å². The standard InChI is InChI=1S/C10H8BrClO2/c1-10(2)9(13)6-3-5(12)4-7(11)8(6)14-10/h3-4H,1-2H3. The molecular weight excluding hydrogens is 267 g/mol. The Labute approximate surface area is 95.3 Å². The molecule has 0 saturated heterocycles. The molecule has 4 heteroatoms. The summed E-state index contributed by atoms with van der Waals surface area (Å²) in [6.45, 7) is 3.49. The summed E-state index contributed by atoms with van der Waals surface area (Å²) in [7, 11) is 0. The van der Waals surface area contributed by atoms with Gasteiger partial charge >= 0.3 is 0 Å². The number of hydrogen-bond acceptors (Lipinski definition) is 2. The molecule has 1 heterocycles. The molecule has 0 aromatic heterocycles. The van der Waals surface area contributed by atoms with Crippen LogP contribution in [-0.2, 0) is 0 Å². The minimum Gasteiger partial charge on any atom is -0.478 e. The van der Waals surface area contributed by atoms with E-state index in [-0.39, 0.29) is 5.78 Å². The van der Waals surface area contributed by atoms with Crippen LogP contribution >= 0.6 is 27.5 Å². The number of ketones is 1. The van der Waals surface area contributed by atoms with E-state index in [1.165, 1.54) is 0 Å². The van der Waals surface area contributed by atoms with Crippen molar-refractivity contribution in [2.75, 3.05) is 0 Å². The molecule has 2 nitrogen and oxygen atoms in total. The van der Waals surface area contributed by atoms with Crippen molar-refractivity contribution >= 4 is 33.3 Å². The van der Waals surface area contributed by atoms with Gasteiger partial charge in [-0.05, 0) is 41.9 Å². The van der Waals surface area contributed by atoms with Crippen LogP contribution in [0.5, 0.6) is 5.75 Å². The first-order valence-corrected chi connectivity index (χ1v) is 5.32. The van der Waals surface area contributed by atoms with Crippen LogP contribution < -0.4 is 4.74 Å². The van der Waals surface area contributed by atoms with Crippen molar-refractivity contribution in [1.29, 1.82) is 0 Å². The minimum atomic E-state index is -0.782. The van der Waals surface area contributed by atoms with E-state index in [1.807, 2.05) is 0 Å². The molecule has 0 aliphatic carbocycles. The highest BCUT2D eigenvalue weighted by Crippen LogP contribution is 2.41. The van der Waals surface area contributed by atoms with Gasteiger partial charge in [0.15, 0.2) is 5.60 Å². The number of halogens is 2. The predicted molar refractivity (Wildman–Crippen MR) is 58.2 cm³/mol. The van der Waals surface area contributed by atoms with Crippen molar-refractivity contribution in [2.24, 2.45) is 0 Å². The maximum atomic E-state index is 11.8. The summed E-state index contributed by atoms with van der Waals surface area (Å²) in [6, 6.07) is 3.35. The zero-order valence-corrected chi connectivity index (χ0v) is 10.1. The van der Waals surface area contributed by atoms with E-state index >= 15 is 0 Å². The van der Waals surface area contributed by atoms with Crippen LogP contribution in [0.1, 0.15) is 24.2 Å². The van der Waals surface area contributed by atoms with E-state index in [1.54, 1.807) is 26.0 Å². The molecule has 0 N–H and O–H groups in total. The second-order valence-electron chi connectivity index (χ2n) is 3.71. The Hall–Kier alpha value is -0.540. The molecule has 2 rings (SSSR count). The highest BCUT2D eigenvalue weighted by molar-refractivity contribution is 9.10. The third kappa shape index (κ3) is 1.35. The SMILES string of the molecule is CC1(C)Oc2c(Br)cc(Cl)cc2C1=O. The largest absolute Gasteiger partial charge is 0.478 e. The number of fused-ring (bicyclic) bond motifs is 1. The van der Waals surface area contributed by atoms with Crippen molar-refractivity contribution in [3.63, 3.8) is 0 Å². The summed E-state index contributed by atoms with van der Waals surface area (Å²) in [5, 5.41) is 0.533. The lowest BCUT2D eigenvalue weighted by molar-refractivity contribution is 0.0683. The van der Waals surface area contributed by atoms with Crippen LogP contribution in [0.3, 0.4) is 0 Å². The number of benzene rings is 1. The van der Waals surface area contributed by atoms with Gasteiger partial charge in [-0.3, -0.25) is 4.79 Å². The van der Waals surface area contributed by atoms with E-state index in [4.69, 9.17) is 16.3 Å². The molecule has 1 aromatic rings. The third-order valence-corrected chi connectivity index (χ3v) is 2.96. The lowest BCUT2D eigenvalue weighted by Gasteiger charge is -2.15. The lowest BCUT2D eigenvalue weighted by Crippen LogP contribution is -2.31. The summed E-state index contributed by atoms with van der Waals surface area (Å²) in [5.74, 6) is 0.556. The molecule has 0 fully saturated rings. The van der Waals surface area contributed by atoms with Crippen LogP contribution in [0.4, 0.5) is 0 Å². The summed E-state index contributed by atoms with van der Waals surface area (Å²) in [6.07, 6.45) is 0. The zero-order chi connectivity index (χ0) is 10.5. The number of carbonyl (C=O) groups excluding carboxylic acids is 1. The van der Waals surface area contributed by atoms with Gasteiger partial charge in [-0.25, -0.2) is 0 Å². The van der Waals surface area contributed by atoms with E-state index in [2.05, 4.69) is 15.9 Å². The van der Waals surface area contributed by atoms with Gasteiger partial charge in [0.05, 0.1) is 10.0 Å². The van der Waals surface area contributed by atoms with Crippen LogP contribution in [0.15, 0.2) is 16.6 Å². The van der Waals surface area contributed by atoms with Crippen molar-refractivity contribution in [3.05, 3.63) is 27.2 Å². The topological polar surface area (TPSA) is 26.3 Å². The highest BCUT2D eigenvalue weighted by atomic mass is 79.9. The van der Waals surface area contributed by atoms with Gasteiger partial charge in [-0.1, -0.05) is 11.6 Å². The number of hydrogen-bond donors (Lipinski definition) is 0. The summed E-state index contributed by atoms with van der Waals surface area (Å²) < 4.78 is 6.26. The first kappa shape index (κ1) is 9.99. The number of ether oxygens (including phenoxy) is 1. The summed E-state index contributed by atoms with van der Waals surface area (Å²) in [4.78, 5) is 11.8. The van der Waals surface area contributed by atoms with Gasteiger partial charge < -0.3 is 4.74 Å². The average Bonchev–Trinajstić information content (AvgIpc) is 2.28. The fraction of sp³-hybridized carbons (Fsp3) is 0.300. The van der Waals surface area contributed by atoms with Gasteiger partial charge in [0, 0.05) is 5.02 Å². The van der Waals surface area contributed by atoms with E-state index in [0.717, 1.165) is 4.47 Å². The molecular formula is C10H8BrClO2. The Bertz CT molecular complexity index is 426. The zero-order valence-electron chi connectivity index (χ0n) is 7.73. The summed E-state index contributed by atoms with van der Waals surface area (Å²) >= 11 is 9.16. The van der Waals surface area contributed by atoms with E-state index < -0.39 is 5.60 Å². The molecule has 0 spiro atoms. The number of Topliss-reactive ketones (excluding diaryl/α,β-unsaturated/α-hetero) is 1. The first-order chi connectivity index (χ1) is 6.42. The molecule has 1 aliphatic rings. The quantitative estimate of drug-likeness (QED) is 0.725. The third-order valence-electron chi connectivity index (χ3n) is 2.16. The van der Waals surface area contributed by atoms with Gasteiger partial charge in [0.2, 0.25) is 5.78 Å². The van der Waals surface area contributed by atoms with Crippen LogP contribution in [-0.4, -0.2) is 11.4 Å². The molecule has 1 aliphatic heterocycles. The van der Waals surface area contributed by atoms with Crippen LogP contribution in [0.25, 0.3) is 0 Å². The molecule has 1 aromatic carbocycles. The highest BCUT2D eigenvalue weighted by Gasteiger charge is 2.40. The molecule has 74 valence electrons. The van der Waals surface area contributed by atoms with Gasteiger partial charge in [0.25, 0.3) is 0 Å². The molecule has 0 bridgehead atoms. The second-order valence-corrected chi connectivity index (χ2v) is 5.00. The second kappa shape index (κ2) is 2.97. The molecule has 0 amide bonds. The van der Waals surface area contributed by atoms with Crippen LogP contribution in [0, 0.1) is 0 Å². The molecule has 14 heavy (non-hydrogen) atoms. The number of carbonyl (C=O) groups is 1. The van der Waals surface area contributed by atoms with Gasteiger partial charge in [-0.15, -0.1) is 0 Å². The Morgan fingerprint density at radius 2 is 2.07 bits per heavy atom. The monoisotopic (exact) mass is 274 g/mol. The van der Waals surface area contributed by atoms with Gasteiger partial charge in [-0.2, -0.15) is 0 Å². The fourth-order valence-corrected chi connectivity index (χ4v) is 2.35. The summed E-state index contributed by atoms with van der Waals surface area (Å²) in [5.41, 5.74) is -0.232. The molecule has 0 atom stereocenters. The van der Waals surface area contributed by atoms with Crippen molar-refractivity contribution in [3.8, 4) is 5.75 Å². The molecule has 0 saturated carbocycles. The lowest BCUT2D eigenvalue weighted by atomic mass is 10.00. The Kier molecular flexibility index (Phi) is 2.12. The smallest absolute Gasteiger partial charge is 0.209 e. The molecule has 0 radical (unpaired) electrons. The first-order valence-electron chi connectivity index (χ1n) is 4.15. The Morgan fingerprint density at radius 3 is 2.71 bits per heavy atom. The van der Waals surface area contributed by atoms with E-state index in [0.29, 0.717) is 16.3 Å². The van der Waals surface area contributed by atoms with Crippen molar-refractivity contribution in [1.82, 2.24) is 0 Å². The van der Waals surface area contributed by atoms with Gasteiger partial charge in [0.1, 0.15) is 5.75 Å².